The summed E-state index contributed by atoms with van der Waals surface area (Å²) >= 11 is 1.40. The van der Waals surface area contributed by atoms with Crippen molar-refractivity contribution in [3.8, 4) is 0 Å². The number of benzene rings is 1. The maximum Gasteiger partial charge on any atom is 0.421 e. The molecule has 0 bridgehead atoms. The predicted molar refractivity (Wildman–Crippen MR) is 103 cm³/mol. The molecule has 154 valence electrons. The first-order chi connectivity index (χ1) is 13.1. The summed E-state index contributed by atoms with van der Waals surface area (Å²) in [5.41, 5.74) is -2.54. The molecule has 0 amide bonds. The molecule has 1 aromatic heterocycles. The van der Waals surface area contributed by atoms with Crippen molar-refractivity contribution in [2.75, 3.05) is 31.1 Å². The number of piperazine rings is 1. The third-order valence-electron chi connectivity index (χ3n) is 4.87. The molecular weight excluding hydrogens is 413 g/mol. The SMILES string of the molecule is CC(O)(c1ccc(N2CCN(S(=O)c3cccs3)CC2CO)cc1)C(F)(F)F. The summed E-state index contributed by atoms with van der Waals surface area (Å²) < 4.78 is 54.1. The number of halogens is 3. The van der Waals surface area contributed by atoms with Crippen molar-refractivity contribution in [1.29, 1.82) is 0 Å². The zero-order chi connectivity index (χ0) is 20.5. The summed E-state index contributed by atoms with van der Waals surface area (Å²) in [6, 6.07) is 8.78. The van der Waals surface area contributed by atoms with Crippen molar-refractivity contribution in [2.45, 2.75) is 29.0 Å². The quantitative estimate of drug-likeness (QED) is 0.760. The maximum absolute atomic E-state index is 13.0. The monoisotopic (exact) mass is 434 g/mol. The molecule has 2 N–H and O–H groups in total. The van der Waals surface area contributed by atoms with Gasteiger partial charge in [0.25, 0.3) is 0 Å². The van der Waals surface area contributed by atoms with Gasteiger partial charge in [0, 0.05) is 25.3 Å². The Morgan fingerprint density at radius 3 is 2.43 bits per heavy atom. The highest BCUT2D eigenvalue weighted by atomic mass is 32.2. The Morgan fingerprint density at radius 1 is 1.21 bits per heavy atom. The Morgan fingerprint density at radius 2 is 1.89 bits per heavy atom. The van der Waals surface area contributed by atoms with E-state index in [2.05, 4.69) is 0 Å². The van der Waals surface area contributed by atoms with Crippen molar-refractivity contribution in [3.05, 3.63) is 47.3 Å². The van der Waals surface area contributed by atoms with Crippen LogP contribution < -0.4 is 4.90 Å². The molecule has 1 saturated heterocycles. The Hall–Kier alpha value is -1.46. The molecule has 28 heavy (non-hydrogen) atoms. The molecule has 0 aliphatic carbocycles. The predicted octanol–water partition coefficient (Wildman–Crippen LogP) is 2.72. The summed E-state index contributed by atoms with van der Waals surface area (Å²) in [6.45, 7) is 1.86. The normalized spacial score (nSPS) is 22.1. The van der Waals surface area contributed by atoms with Crippen molar-refractivity contribution in [1.82, 2.24) is 4.31 Å². The van der Waals surface area contributed by atoms with E-state index >= 15 is 0 Å². The van der Waals surface area contributed by atoms with Crippen molar-refractivity contribution in [3.63, 3.8) is 0 Å². The minimum Gasteiger partial charge on any atom is -0.394 e. The summed E-state index contributed by atoms with van der Waals surface area (Å²) in [5.74, 6) is 0. The van der Waals surface area contributed by atoms with Crippen molar-refractivity contribution >= 4 is 28.0 Å². The summed E-state index contributed by atoms with van der Waals surface area (Å²) in [5, 5.41) is 21.4. The number of aliphatic hydroxyl groups excluding tert-OH is 1. The van der Waals surface area contributed by atoms with Gasteiger partial charge in [0.15, 0.2) is 5.60 Å². The molecule has 1 aliphatic heterocycles. The van der Waals surface area contributed by atoms with Crippen LogP contribution in [0.4, 0.5) is 18.9 Å². The maximum atomic E-state index is 13.0. The van der Waals surface area contributed by atoms with E-state index in [9.17, 15) is 27.6 Å². The molecule has 0 radical (unpaired) electrons. The Labute approximate surface area is 167 Å². The van der Waals surface area contributed by atoms with Gasteiger partial charge in [-0.3, -0.25) is 0 Å². The van der Waals surface area contributed by atoms with Crippen molar-refractivity contribution < 1.29 is 27.6 Å². The average Bonchev–Trinajstić information content (AvgIpc) is 3.21. The summed E-state index contributed by atoms with van der Waals surface area (Å²) in [6.07, 6.45) is -4.78. The molecule has 2 heterocycles. The second kappa shape index (κ2) is 8.11. The first kappa shape index (κ1) is 21.3. The number of alkyl halides is 3. The number of anilines is 1. The largest absolute Gasteiger partial charge is 0.421 e. The van der Waals surface area contributed by atoms with E-state index in [1.807, 2.05) is 16.3 Å². The fourth-order valence-electron chi connectivity index (χ4n) is 3.10. The van der Waals surface area contributed by atoms with Crippen LogP contribution >= 0.6 is 11.3 Å². The zero-order valence-corrected chi connectivity index (χ0v) is 16.7. The number of aliphatic hydroxyl groups is 2. The molecule has 3 unspecified atom stereocenters. The summed E-state index contributed by atoms with van der Waals surface area (Å²) in [4.78, 5) is 1.88. The lowest BCUT2D eigenvalue weighted by Crippen LogP contribution is -2.55. The Kier molecular flexibility index (Phi) is 6.16. The minimum atomic E-state index is -4.78. The van der Waals surface area contributed by atoms with Gasteiger partial charge >= 0.3 is 6.18 Å². The van der Waals surface area contributed by atoms with Crippen LogP contribution in [0.2, 0.25) is 0 Å². The van der Waals surface area contributed by atoms with Crippen LogP contribution in [0.1, 0.15) is 12.5 Å². The fourth-order valence-corrected chi connectivity index (χ4v) is 5.37. The molecule has 1 fully saturated rings. The lowest BCUT2D eigenvalue weighted by molar-refractivity contribution is -0.258. The van der Waals surface area contributed by atoms with E-state index in [4.69, 9.17) is 0 Å². The highest BCUT2D eigenvalue weighted by molar-refractivity contribution is 7.85. The van der Waals surface area contributed by atoms with Crippen LogP contribution in [0, 0.1) is 0 Å². The van der Waals surface area contributed by atoms with E-state index in [1.165, 1.54) is 35.6 Å². The van der Waals surface area contributed by atoms with E-state index < -0.39 is 22.8 Å². The lowest BCUT2D eigenvalue weighted by atomic mass is 9.95. The summed E-state index contributed by atoms with van der Waals surface area (Å²) in [7, 11) is -1.30. The first-order valence-electron chi connectivity index (χ1n) is 8.62. The standard InChI is InChI=1S/C18H21F3N2O3S2/c1-17(25,18(19,20)21)13-4-6-14(7-5-13)23-9-8-22(11-15(23)12-24)28(26)16-3-2-10-27-16/h2-7,10,15,24-25H,8-9,11-12H2,1H3. The molecule has 5 nitrogen and oxygen atoms in total. The number of hydrogen-bond donors (Lipinski definition) is 2. The lowest BCUT2D eigenvalue weighted by Gasteiger charge is -2.41. The van der Waals surface area contributed by atoms with E-state index in [1.54, 1.807) is 10.4 Å². The van der Waals surface area contributed by atoms with Gasteiger partial charge in [-0.25, -0.2) is 8.51 Å². The molecular formula is C18H21F3N2O3S2. The fraction of sp³-hybridized carbons (Fsp3) is 0.444. The topological polar surface area (TPSA) is 64.0 Å². The van der Waals surface area contributed by atoms with Gasteiger partial charge in [0.2, 0.25) is 0 Å². The van der Waals surface area contributed by atoms with Crippen LogP contribution in [-0.4, -0.2) is 57.2 Å². The van der Waals surface area contributed by atoms with Gasteiger partial charge in [-0.15, -0.1) is 11.3 Å². The van der Waals surface area contributed by atoms with E-state index in [0.717, 1.165) is 11.1 Å². The van der Waals surface area contributed by atoms with E-state index in [-0.39, 0.29) is 18.2 Å². The molecule has 3 rings (SSSR count). The number of rotatable bonds is 5. The van der Waals surface area contributed by atoms with E-state index in [0.29, 0.717) is 25.3 Å². The highest BCUT2D eigenvalue weighted by Crippen LogP contribution is 2.39. The van der Waals surface area contributed by atoms with Gasteiger partial charge in [0.1, 0.15) is 15.2 Å². The van der Waals surface area contributed by atoms with Crippen LogP contribution in [-0.2, 0) is 16.6 Å². The van der Waals surface area contributed by atoms with Gasteiger partial charge in [-0.2, -0.15) is 13.2 Å². The van der Waals surface area contributed by atoms with Crippen LogP contribution in [0.15, 0.2) is 46.0 Å². The zero-order valence-electron chi connectivity index (χ0n) is 15.1. The smallest absolute Gasteiger partial charge is 0.394 e. The highest BCUT2D eigenvalue weighted by Gasteiger charge is 2.51. The van der Waals surface area contributed by atoms with Crippen LogP contribution in [0.5, 0.6) is 0 Å². The molecule has 0 saturated carbocycles. The molecule has 2 aromatic rings. The number of hydrogen-bond acceptors (Lipinski definition) is 5. The Bertz CT molecular complexity index is 810. The van der Waals surface area contributed by atoms with Gasteiger partial charge in [-0.1, -0.05) is 18.2 Å². The molecule has 1 aliphatic rings. The molecule has 10 heteroatoms. The van der Waals surface area contributed by atoms with Crippen LogP contribution in [0.25, 0.3) is 0 Å². The average molecular weight is 435 g/mol. The van der Waals surface area contributed by atoms with Gasteiger partial charge in [0.05, 0.1) is 12.6 Å². The third kappa shape index (κ3) is 4.11. The van der Waals surface area contributed by atoms with Crippen LogP contribution in [0.3, 0.4) is 0 Å². The molecule has 3 atom stereocenters. The molecule has 0 spiro atoms. The number of nitrogens with zero attached hydrogens (tertiary/aromatic N) is 2. The second-order valence-corrected chi connectivity index (χ2v) is 9.38. The third-order valence-corrected chi connectivity index (χ3v) is 7.53. The number of thiophene rings is 1. The van der Waals surface area contributed by atoms with Gasteiger partial charge in [-0.05, 0) is 36.1 Å². The first-order valence-corrected chi connectivity index (χ1v) is 10.6. The minimum absolute atomic E-state index is 0.180. The van der Waals surface area contributed by atoms with Crippen molar-refractivity contribution in [2.24, 2.45) is 0 Å². The Balaban J connectivity index is 1.75. The second-order valence-electron chi connectivity index (χ2n) is 6.72. The van der Waals surface area contributed by atoms with Gasteiger partial charge < -0.3 is 15.1 Å². The molecule has 1 aromatic carbocycles.